The molecule has 2 atom stereocenters. The summed E-state index contributed by atoms with van der Waals surface area (Å²) in [6.45, 7) is 15.6. The minimum atomic E-state index is -2.17. The van der Waals surface area contributed by atoms with E-state index in [0.717, 1.165) is 19.4 Å². The van der Waals surface area contributed by atoms with E-state index in [1.165, 1.54) is 19.3 Å². The van der Waals surface area contributed by atoms with Gasteiger partial charge >= 0.3 is 8.56 Å². The molecular formula is C15H32O2Si. The maximum absolute atomic E-state index is 6.20. The molecule has 0 radical (unpaired) electrons. The normalized spacial score (nSPS) is 16.6. The lowest BCUT2D eigenvalue weighted by atomic mass is 10.1. The third kappa shape index (κ3) is 7.34. The fourth-order valence-electron chi connectivity index (χ4n) is 1.94. The van der Waals surface area contributed by atoms with Crippen LogP contribution in [0.25, 0.3) is 0 Å². The van der Waals surface area contributed by atoms with Gasteiger partial charge in [0.25, 0.3) is 0 Å². The summed E-state index contributed by atoms with van der Waals surface area (Å²) in [4.78, 5) is 0. The van der Waals surface area contributed by atoms with E-state index in [9.17, 15) is 0 Å². The van der Waals surface area contributed by atoms with E-state index in [-0.39, 0.29) is 6.10 Å². The second-order valence-corrected chi connectivity index (χ2v) is 8.40. The molecule has 0 bridgehead atoms. The summed E-state index contributed by atoms with van der Waals surface area (Å²) in [6.07, 6.45) is 6.26. The molecular weight excluding hydrogens is 240 g/mol. The van der Waals surface area contributed by atoms with Crippen LogP contribution >= 0.6 is 0 Å². The quantitative estimate of drug-likeness (QED) is 0.396. The molecule has 0 rings (SSSR count). The van der Waals surface area contributed by atoms with Gasteiger partial charge in [0.15, 0.2) is 0 Å². The van der Waals surface area contributed by atoms with Crippen molar-refractivity contribution in [1.82, 2.24) is 0 Å². The summed E-state index contributed by atoms with van der Waals surface area (Å²) in [5.41, 5.74) is 1.91. The number of hydrogen-bond acceptors (Lipinski definition) is 2. The molecule has 0 aliphatic heterocycles. The summed E-state index contributed by atoms with van der Waals surface area (Å²) in [5, 5.41) is 0. The molecule has 108 valence electrons. The van der Waals surface area contributed by atoms with Gasteiger partial charge in [-0.2, -0.15) is 0 Å². The van der Waals surface area contributed by atoms with Crippen molar-refractivity contribution in [2.45, 2.75) is 72.5 Å². The van der Waals surface area contributed by atoms with E-state index >= 15 is 0 Å². The van der Waals surface area contributed by atoms with E-state index in [0.29, 0.717) is 5.92 Å². The van der Waals surface area contributed by atoms with E-state index in [1.807, 2.05) is 5.70 Å². The average Bonchev–Trinajstić information content (AvgIpc) is 2.35. The molecule has 0 saturated heterocycles. The van der Waals surface area contributed by atoms with Crippen LogP contribution in [-0.4, -0.2) is 21.3 Å². The van der Waals surface area contributed by atoms with Crippen molar-refractivity contribution in [3.63, 3.8) is 0 Å². The first-order valence-corrected chi connectivity index (χ1v) is 9.83. The summed E-state index contributed by atoms with van der Waals surface area (Å²) in [7, 11) is -2.17. The zero-order valence-electron chi connectivity index (χ0n) is 13.0. The number of rotatable bonds is 11. The maximum atomic E-state index is 6.20. The predicted octanol–water partition coefficient (Wildman–Crippen LogP) is 4.83. The zero-order valence-corrected chi connectivity index (χ0v) is 14.0. The van der Waals surface area contributed by atoms with Gasteiger partial charge in [-0.1, -0.05) is 47.0 Å². The second-order valence-electron chi connectivity index (χ2n) is 5.44. The molecule has 18 heavy (non-hydrogen) atoms. The highest BCUT2D eigenvalue weighted by atomic mass is 28.4. The fourth-order valence-corrected chi connectivity index (χ4v) is 3.81. The average molecular weight is 273 g/mol. The van der Waals surface area contributed by atoms with Gasteiger partial charge in [0.05, 0.1) is 0 Å². The maximum Gasteiger partial charge on any atom is 0.361 e. The molecule has 0 aliphatic carbocycles. The Balaban J connectivity index is 4.12. The van der Waals surface area contributed by atoms with Crippen LogP contribution in [0, 0.1) is 5.92 Å². The smallest absolute Gasteiger partial charge is 0.361 e. The van der Waals surface area contributed by atoms with Crippen molar-refractivity contribution in [2.75, 3.05) is 6.61 Å². The zero-order chi connectivity index (χ0) is 14.0. The van der Waals surface area contributed by atoms with Crippen molar-refractivity contribution in [1.29, 1.82) is 0 Å². The molecule has 0 aromatic rings. The third-order valence-electron chi connectivity index (χ3n) is 3.29. The lowest BCUT2D eigenvalue weighted by Crippen LogP contribution is -2.42. The van der Waals surface area contributed by atoms with E-state index < -0.39 is 8.56 Å². The first-order chi connectivity index (χ1) is 8.49. The minimum absolute atomic E-state index is 0.287. The summed E-state index contributed by atoms with van der Waals surface area (Å²) >= 11 is 0. The lowest BCUT2D eigenvalue weighted by molar-refractivity contribution is 0.0888. The van der Waals surface area contributed by atoms with Crippen molar-refractivity contribution in [2.24, 2.45) is 5.92 Å². The molecule has 0 amide bonds. The Hall–Kier alpha value is -0.123. The highest BCUT2D eigenvalue weighted by Crippen LogP contribution is 2.19. The van der Waals surface area contributed by atoms with Crippen molar-refractivity contribution in [3.05, 3.63) is 12.3 Å². The topological polar surface area (TPSA) is 18.5 Å². The SMILES string of the molecule is C=C[Si](C)(OCCCCCC)OC(CC)C(C)C. The van der Waals surface area contributed by atoms with Crippen LogP contribution in [0.5, 0.6) is 0 Å². The fraction of sp³-hybridized carbons (Fsp3) is 0.867. The number of unbranched alkanes of at least 4 members (excludes halogenated alkanes) is 3. The second kappa shape index (κ2) is 9.76. The van der Waals surface area contributed by atoms with Crippen LogP contribution in [0.15, 0.2) is 12.3 Å². The molecule has 2 nitrogen and oxygen atoms in total. The molecule has 0 N–H and O–H groups in total. The van der Waals surface area contributed by atoms with Crippen LogP contribution in [-0.2, 0) is 8.85 Å². The highest BCUT2D eigenvalue weighted by molar-refractivity contribution is 6.71. The number of hydrogen-bond donors (Lipinski definition) is 0. The molecule has 0 spiro atoms. The van der Waals surface area contributed by atoms with Gasteiger partial charge in [-0.05, 0) is 31.0 Å². The van der Waals surface area contributed by atoms with Gasteiger partial charge in [-0.25, -0.2) is 0 Å². The molecule has 0 saturated carbocycles. The predicted molar refractivity (Wildman–Crippen MR) is 81.9 cm³/mol. The van der Waals surface area contributed by atoms with Crippen LogP contribution in [0.1, 0.15) is 59.8 Å². The van der Waals surface area contributed by atoms with Crippen LogP contribution in [0.3, 0.4) is 0 Å². The van der Waals surface area contributed by atoms with E-state index in [4.69, 9.17) is 8.85 Å². The van der Waals surface area contributed by atoms with E-state index in [1.54, 1.807) is 0 Å². The molecule has 3 heteroatoms. The lowest BCUT2D eigenvalue weighted by Gasteiger charge is -2.31. The molecule has 0 aliphatic rings. The summed E-state index contributed by atoms with van der Waals surface area (Å²) in [6, 6.07) is 0. The Kier molecular flexibility index (Phi) is 9.69. The Morgan fingerprint density at radius 2 is 1.83 bits per heavy atom. The van der Waals surface area contributed by atoms with Gasteiger partial charge < -0.3 is 8.85 Å². The van der Waals surface area contributed by atoms with Gasteiger partial charge in [-0.3, -0.25) is 0 Å². The van der Waals surface area contributed by atoms with Gasteiger partial charge in [0.2, 0.25) is 0 Å². The van der Waals surface area contributed by atoms with Crippen LogP contribution in [0.4, 0.5) is 0 Å². The Morgan fingerprint density at radius 3 is 2.28 bits per heavy atom. The van der Waals surface area contributed by atoms with Crippen molar-refractivity contribution in [3.8, 4) is 0 Å². The Bertz CT molecular complexity index is 219. The van der Waals surface area contributed by atoms with Gasteiger partial charge in [-0.15, -0.1) is 6.58 Å². The van der Waals surface area contributed by atoms with Crippen molar-refractivity contribution < 1.29 is 8.85 Å². The summed E-state index contributed by atoms with van der Waals surface area (Å²) in [5.74, 6) is 0.533. The Labute approximate surface area is 115 Å². The van der Waals surface area contributed by atoms with E-state index in [2.05, 4.69) is 40.8 Å². The minimum Gasteiger partial charge on any atom is -0.391 e. The highest BCUT2D eigenvalue weighted by Gasteiger charge is 2.31. The van der Waals surface area contributed by atoms with Gasteiger partial charge in [0.1, 0.15) is 0 Å². The summed E-state index contributed by atoms with van der Waals surface area (Å²) < 4.78 is 12.2. The van der Waals surface area contributed by atoms with Gasteiger partial charge in [0, 0.05) is 12.7 Å². The largest absolute Gasteiger partial charge is 0.391 e. The van der Waals surface area contributed by atoms with Crippen LogP contribution < -0.4 is 0 Å². The Morgan fingerprint density at radius 1 is 1.17 bits per heavy atom. The molecule has 2 unspecified atom stereocenters. The monoisotopic (exact) mass is 272 g/mol. The molecule has 0 aromatic carbocycles. The molecule has 0 heterocycles. The first-order valence-electron chi connectivity index (χ1n) is 7.44. The molecule has 0 aromatic heterocycles. The molecule has 0 fully saturated rings. The standard InChI is InChI=1S/C15H32O2Si/c1-7-10-11-12-13-16-18(6,9-3)17-15(8-2)14(4)5/h9,14-15H,3,7-8,10-13H2,1-2,4-6H3. The van der Waals surface area contributed by atoms with Crippen molar-refractivity contribution >= 4 is 8.56 Å². The third-order valence-corrected chi connectivity index (χ3v) is 5.58. The first kappa shape index (κ1) is 17.9. The van der Waals surface area contributed by atoms with Crippen LogP contribution in [0.2, 0.25) is 6.55 Å².